The average molecular weight is 284 g/mol. The van der Waals surface area contributed by atoms with Crippen LogP contribution >= 0.6 is 0 Å². The van der Waals surface area contributed by atoms with Crippen LogP contribution in [-0.2, 0) is 4.79 Å². The molecule has 4 nitrogen and oxygen atoms in total. The van der Waals surface area contributed by atoms with Gasteiger partial charge in [0, 0.05) is 18.4 Å². The number of carbonyl (C=O) groups is 1. The minimum absolute atomic E-state index is 0.00622. The first kappa shape index (κ1) is 14.9. The van der Waals surface area contributed by atoms with E-state index in [1.807, 2.05) is 26.0 Å². The fourth-order valence-electron chi connectivity index (χ4n) is 2.12. The van der Waals surface area contributed by atoms with E-state index in [1.165, 1.54) is 5.56 Å². The Morgan fingerprint density at radius 3 is 2.43 bits per heavy atom. The zero-order chi connectivity index (χ0) is 15.4. The van der Waals surface area contributed by atoms with Crippen LogP contribution in [-0.4, -0.2) is 19.6 Å². The highest BCUT2D eigenvalue weighted by molar-refractivity contribution is 5.94. The van der Waals surface area contributed by atoms with Gasteiger partial charge >= 0.3 is 0 Å². The fourth-order valence-corrected chi connectivity index (χ4v) is 2.12. The first-order valence-corrected chi connectivity index (χ1v) is 6.79. The molecular formula is C17H20N2O2. The van der Waals surface area contributed by atoms with Crippen molar-refractivity contribution in [2.75, 3.05) is 24.3 Å². The zero-order valence-electron chi connectivity index (χ0n) is 12.6. The van der Waals surface area contributed by atoms with Crippen molar-refractivity contribution >= 4 is 17.3 Å². The number of nitrogen functional groups attached to an aromatic ring is 1. The Hall–Kier alpha value is -2.49. The van der Waals surface area contributed by atoms with Crippen molar-refractivity contribution in [1.82, 2.24) is 0 Å². The van der Waals surface area contributed by atoms with Gasteiger partial charge in [0.2, 0.25) is 0 Å². The number of nitrogens with zero attached hydrogens (tertiary/aromatic N) is 1. The third kappa shape index (κ3) is 3.75. The summed E-state index contributed by atoms with van der Waals surface area (Å²) in [6, 6.07) is 13.0. The highest BCUT2D eigenvalue weighted by Gasteiger charge is 2.13. The number of anilines is 2. The number of ether oxygens (including phenoxy) is 1. The van der Waals surface area contributed by atoms with Gasteiger partial charge in [0.1, 0.15) is 5.75 Å². The third-order valence-corrected chi connectivity index (χ3v) is 3.33. The van der Waals surface area contributed by atoms with Gasteiger partial charge in [-0.3, -0.25) is 4.79 Å². The van der Waals surface area contributed by atoms with Crippen LogP contribution in [0.1, 0.15) is 11.1 Å². The predicted octanol–water partition coefficient (Wildman–Crippen LogP) is 2.93. The van der Waals surface area contributed by atoms with Gasteiger partial charge in [0.05, 0.1) is 0 Å². The van der Waals surface area contributed by atoms with Gasteiger partial charge in [0.15, 0.2) is 6.61 Å². The lowest BCUT2D eigenvalue weighted by Gasteiger charge is -2.20. The van der Waals surface area contributed by atoms with E-state index >= 15 is 0 Å². The van der Waals surface area contributed by atoms with E-state index in [-0.39, 0.29) is 12.5 Å². The molecule has 0 fully saturated rings. The minimum Gasteiger partial charge on any atom is -0.484 e. The van der Waals surface area contributed by atoms with Crippen LogP contribution in [0.3, 0.4) is 0 Å². The van der Waals surface area contributed by atoms with E-state index < -0.39 is 0 Å². The summed E-state index contributed by atoms with van der Waals surface area (Å²) in [5, 5.41) is 0. The molecule has 4 heteroatoms. The third-order valence-electron chi connectivity index (χ3n) is 3.33. The maximum Gasteiger partial charge on any atom is 0.264 e. The SMILES string of the molecule is Cc1ccc(N(C)C(=O)COc2ccc(N)cc2)c(C)c1. The quantitative estimate of drug-likeness (QED) is 0.878. The van der Waals surface area contributed by atoms with Crippen LogP contribution in [0.25, 0.3) is 0 Å². The van der Waals surface area contributed by atoms with Gasteiger partial charge < -0.3 is 15.4 Å². The summed E-state index contributed by atoms with van der Waals surface area (Å²) in [6.07, 6.45) is 0. The molecule has 0 radical (unpaired) electrons. The summed E-state index contributed by atoms with van der Waals surface area (Å²) in [5.41, 5.74) is 9.41. The molecule has 0 unspecified atom stereocenters. The molecule has 0 atom stereocenters. The number of benzene rings is 2. The molecule has 0 aliphatic heterocycles. The van der Waals surface area contributed by atoms with E-state index in [2.05, 4.69) is 6.07 Å². The number of hydrogen-bond donors (Lipinski definition) is 1. The smallest absolute Gasteiger partial charge is 0.264 e. The van der Waals surface area contributed by atoms with Crippen molar-refractivity contribution in [3.8, 4) is 5.75 Å². The maximum atomic E-state index is 12.2. The molecule has 2 N–H and O–H groups in total. The van der Waals surface area contributed by atoms with E-state index in [0.717, 1.165) is 11.3 Å². The van der Waals surface area contributed by atoms with Gasteiger partial charge in [-0.1, -0.05) is 17.7 Å². The molecule has 0 aliphatic rings. The lowest BCUT2D eigenvalue weighted by molar-refractivity contribution is -0.120. The molecule has 2 rings (SSSR count). The molecule has 0 spiro atoms. The number of carbonyl (C=O) groups excluding carboxylic acids is 1. The van der Waals surface area contributed by atoms with Crippen molar-refractivity contribution < 1.29 is 9.53 Å². The van der Waals surface area contributed by atoms with Crippen LogP contribution in [0.2, 0.25) is 0 Å². The number of hydrogen-bond acceptors (Lipinski definition) is 3. The Morgan fingerprint density at radius 2 is 1.81 bits per heavy atom. The van der Waals surface area contributed by atoms with Crippen molar-refractivity contribution in [3.05, 3.63) is 53.6 Å². The molecule has 0 saturated heterocycles. The summed E-state index contributed by atoms with van der Waals surface area (Å²) in [6.45, 7) is 4.02. The summed E-state index contributed by atoms with van der Waals surface area (Å²) >= 11 is 0. The fraction of sp³-hybridized carbons (Fsp3) is 0.235. The van der Waals surface area contributed by atoms with Gasteiger partial charge in [-0.15, -0.1) is 0 Å². The number of amides is 1. The van der Waals surface area contributed by atoms with Gasteiger partial charge in [-0.2, -0.15) is 0 Å². The van der Waals surface area contributed by atoms with Crippen LogP contribution < -0.4 is 15.4 Å². The van der Waals surface area contributed by atoms with E-state index in [9.17, 15) is 4.79 Å². The number of rotatable bonds is 4. The highest BCUT2D eigenvalue weighted by Crippen LogP contribution is 2.20. The number of aryl methyl sites for hydroxylation is 2. The van der Waals surface area contributed by atoms with E-state index in [4.69, 9.17) is 10.5 Å². The standard InChI is InChI=1S/C17H20N2O2/c1-12-4-9-16(13(2)10-12)19(3)17(20)11-21-15-7-5-14(18)6-8-15/h4-10H,11,18H2,1-3H3. The van der Waals surface area contributed by atoms with Crippen molar-refractivity contribution in [3.63, 3.8) is 0 Å². The first-order chi connectivity index (χ1) is 9.97. The van der Waals surface area contributed by atoms with Gasteiger partial charge in [-0.05, 0) is 49.7 Å². The van der Waals surface area contributed by atoms with Crippen LogP contribution in [0.15, 0.2) is 42.5 Å². The molecule has 0 aliphatic carbocycles. The molecule has 0 aromatic heterocycles. The second-order valence-electron chi connectivity index (χ2n) is 5.10. The lowest BCUT2D eigenvalue weighted by Crippen LogP contribution is -2.31. The molecule has 2 aromatic rings. The first-order valence-electron chi connectivity index (χ1n) is 6.79. The Morgan fingerprint density at radius 1 is 1.14 bits per heavy atom. The largest absolute Gasteiger partial charge is 0.484 e. The van der Waals surface area contributed by atoms with Crippen LogP contribution in [0, 0.1) is 13.8 Å². The molecule has 2 aromatic carbocycles. The molecule has 21 heavy (non-hydrogen) atoms. The highest BCUT2D eigenvalue weighted by atomic mass is 16.5. The normalized spacial score (nSPS) is 10.2. The van der Waals surface area contributed by atoms with Crippen LogP contribution in [0.4, 0.5) is 11.4 Å². The monoisotopic (exact) mass is 284 g/mol. The lowest BCUT2D eigenvalue weighted by atomic mass is 10.1. The van der Waals surface area contributed by atoms with Gasteiger partial charge in [0.25, 0.3) is 5.91 Å². The predicted molar refractivity (Wildman–Crippen MR) is 85.7 cm³/mol. The maximum absolute atomic E-state index is 12.2. The Balaban J connectivity index is 2.00. The van der Waals surface area contributed by atoms with Crippen molar-refractivity contribution in [2.24, 2.45) is 0 Å². The number of nitrogens with two attached hydrogens (primary N) is 1. The van der Waals surface area contributed by atoms with E-state index in [0.29, 0.717) is 11.4 Å². The molecule has 1 amide bonds. The Labute approximate surface area is 125 Å². The minimum atomic E-state index is -0.0984. The summed E-state index contributed by atoms with van der Waals surface area (Å²) in [4.78, 5) is 13.8. The van der Waals surface area contributed by atoms with Crippen LogP contribution in [0.5, 0.6) is 5.75 Å². The molecule has 0 heterocycles. The second kappa shape index (κ2) is 6.31. The van der Waals surface area contributed by atoms with Gasteiger partial charge in [-0.25, -0.2) is 0 Å². The second-order valence-corrected chi connectivity index (χ2v) is 5.10. The summed E-state index contributed by atoms with van der Waals surface area (Å²) in [5.74, 6) is 0.533. The Bertz CT molecular complexity index is 636. The molecule has 110 valence electrons. The topological polar surface area (TPSA) is 55.6 Å². The molecule has 0 bridgehead atoms. The van der Waals surface area contributed by atoms with Crippen molar-refractivity contribution in [1.29, 1.82) is 0 Å². The summed E-state index contributed by atoms with van der Waals surface area (Å²) < 4.78 is 5.48. The zero-order valence-corrected chi connectivity index (χ0v) is 12.6. The molecular weight excluding hydrogens is 264 g/mol. The number of likely N-dealkylation sites (N-methyl/N-ethyl adjacent to an activating group) is 1. The summed E-state index contributed by atoms with van der Waals surface area (Å²) in [7, 11) is 1.76. The Kier molecular flexibility index (Phi) is 4.48. The van der Waals surface area contributed by atoms with Crippen molar-refractivity contribution in [2.45, 2.75) is 13.8 Å². The molecule has 0 saturated carbocycles. The van der Waals surface area contributed by atoms with E-state index in [1.54, 1.807) is 36.2 Å². The average Bonchev–Trinajstić information content (AvgIpc) is 2.45.